The van der Waals surface area contributed by atoms with E-state index < -0.39 is 117 Å². The molecule has 1 aliphatic carbocycles. The van der Waals surface area contributed by atoms with E-state index in [9.17, 15) is 45.6 Å². The maximum atomic E-state index is 12.6. The number of epoxide rings is 1. The van der Waals surface area contributed by atoms with Crippen molar-refractivity contribution in [2.75, 3.05) is 13.2 Å². The van der Waals surface area contributed by atoms with Crippen molar-refractivity contribution in [3.8, 4) is 5.75 Å². The molecule has 0 bridgehead atoms. The molecule has 1 aromatic rings. The normalized spacial score (nSPS) is 46.4. The van der Waals surface area contributed by atoms with Crippen LogP contribution in [0.1, 0.15) is 12.5 Å². The lowest BCUT2D eigenvalue weighted by Gasteiger charge is -2.44. The Morgan fingerprint density at radius 1 is 0.891 bits per heavy atom. The molecule has 4 aliphatic heterocycles. The van der Waals surface area contributed by atoms with Crippen LogP contribution >= 0.6 is 0 Å². The third-order valence-electron chi connectivity index (χ3n) is 9.23. The molecule has 0 aromatic heterocycles. The van der Waals surface area contributed by atoms with Crippen LogP contribution in [0.2, 0.25) is 0 Å². The highest BCUT2D eigenvalue weighted by Gasteiger charge is 2.77. The first-order chi connectivity index (χ1) is 22.0. The molecular weight excluding hydrogens is 616 g/mol. The zero-order valence-electron chi connectivity index (χ0n) is 24.5. The standard InChI is InChI=1S/C30H38O16/c1-12-19(35)25(43-17(34)7-4-13-2-5-14(33)6-3-13)23(39)29(41-12)44-24-15-8-9-40-27(18(15)30(11-32)26(24)46-30)45-28-22(38)21(37)20(36)16(10-31)42-28/h2-9,12,15-16,18-29,31-33,35-39H,10-11H2,1H3/b7-4+/t12-,15+,16+,18?,19-,20+,21-,22+,23+,24-,25+,26-,27-,28-,29-,30+/m0/s1. The van der Waals surface area contributed by atoms with Gasteiger partial charge in [-0.3, -0.25) is 0 Å². The second-order valence-corrected chi connectivity index (χ2v) is 12.0. The number of aromatic hydroxyl groups is 1. The molecule has 4 heterocycles. The first kappa shape index (κ1) is 33.2. The van der Waals surface area contributed by atoms with Crippen LogP contribution in [0.5, 0.6) is 5.75 Å². The van der Waals surface area contributed by atoms with Crippen LogP contribution in [0.3, 0.4) is 0 Å². The van der Waals surface area contributed by atoms with Gasteiger partial charge >= 0.3 is 5.97 Å². The van der Waals surface area contributed by atoms with Crippen LogP contribution < -0.4 is 0 Å². The monoisotopic (exact) mass is 654 g/mol. The number of aliphatic hydroxyl groups excluding tert-OH is 7. The number of phenols is 1. The molecule has 0 amide bonds. The van der Waals surface area contributed by atoms with Gasteiger partial charge in [0.15, 0.2) is 18.7 Å². The third-order valence-corrected chi connectivity index (χ3v) is 9.23. The third kappa shape index (κ3) is 5.93. The molecule has 4 fully saturated rings. The Kier molecular flexibility index (Phi) is 9.43. The number of carbonyl (C=O) groups excluding carboxylic acids is 1. The van der Waals surface area contributed by atoms with E-state index in [2.05, 4.69) is 0 Å². The molecule has 1 saturated carbocycles. The predicted octanol–water partition coefficient (Wildman–Crippen LogP) is -2.77. The van der Waals surface area contributed by atoms with Crippen LogP contribution in [0.25, 0.3) is 6.08 Å². The quantitative estimate of drug-likeness (QED) is 0.0763. The molecule has 5 aliphatic rings. The summed E-state index contributed by atoms with van der Waals surface area (Å²) in [5.74, 6) is -2.12. The number of aliphatic hydroxyl groups is 7. The number of phenolic OH excluding ortho intramolecular Hbond substituents is 1. The number of hydrogen-bond acceptors (Lipinski definition) is 16. The van der Waals surface area contributed by atoms with Crippen molar-refractivity contribution in [2.24, 2.45) is 11.8 Å². The Balaban J connectivity index is 1.15. The van der Waals surface area contributed by atoms with Gasteiger partial charge in [0.25, 0.3) is 0 Å². The van der Waals surface area contributed by atoms with E-state index in [1.165, 1.54) is 31.4 Å². The van der Waals surface area contributed by atoms with Gasteiger partial charge in [0.1, 0.15) is 54.1 Å². The maximum Gasteiger partial charge on any atom is 0.331 e. The minimum atomic E-state index is -1.70. The topological polar surface area (TPSA) is 247 Å². The van der Waals surface area contributed by atoms with Gasteiger partial charge in [-0.25, -0.2) is 4.79 Å². The molecule has 1 unspecified atom stereocenters. The van der Waals surface area contributed by atoms with Gasteiger partial charge in [-0.15, -0.1) is 0 Å². The van der Waals surface area contributed by atoms with Crippen LogP contribution in [0.15, 0.2) is 42.7 Å². The summed E-state index contributed by atoms with van der Waals surface area (Å²) in [4.78, 5) is 12.6. The second kappa shape index (κ2) is 13.1. The minimum Gasteiger partial charge on any atom is -0.508 e. The Bertz CT molecular complexity index is 1290. The number of fused-ring (bicyclic) bond motifs is 3. The van der Waals surface area contributed by atoms with E-state index in [-0.39, 0.29) is 5.75 Å². The van der Waals surface area contributed by atoms with Gasteiger partial charge in [-0.2, -0.15) is 0 Å². The zero-order valence-corrected chi connectivity index (χ0v) is 24.5. The van der Waals surface area contributed by atoms with Crippen molar-refractivity contribution in [2.45, 2.75) is 92.4 Å². The fourth-order valence-electron chi connectivity index (χ4n) is 6.64. The minimum absolute atomic E-state index is 0.0581. The summed E-state index contributed by atoms with van der Waals surface area (Å²) in [5.41, 5.74) is -0.627. The smallest absolute Gasteiger partial charge is 0.331 e. The summed E-state index contributed by atoms with van der Waals surface area (Å²) < 4.78 is 40.3. The molecular formula is C30H38O16. The molecule has 3 saturated heterocycles. The summed E-state index contributed by atoms with van der Waals surface area (Å²) >= 11 is 0. The van der Waals surface area contributed by atoms with E-state index >= 15 is 0 Å². The van der Waals surface area contributed by atoms with Crippen molar-refractivity contribution in [1.82, 2.24) is 0 Å². The van der Waals surface area contributed by atoms with Crippen LogP contribution in [0, 0.1) is 11.8 Å². The molecule has 8 N–H and O–H groups in total. The average Bonchev–Trinajstić information content (AvgIpc) is 3.72. The Morgan fingerprint density at radius 2 is 1.61 bits per heavy atom. The van der Waals surface area contributed by atoms with Gasteiger partial charge in [0.05, 0.1) is 37.6 Å². The fourth-order valence-corrected chi connectivity index (χ4v) is 6.64. The van der Waals surface area contributed by atoms with E-state index in [4.69, 9.17) is 33.2 Å². The Hall–Kier alpha value is -2.71. The molecule has 46 heavy (non-hydrogen) atoms. The summed E-state index contributed by atoms with van der Waals surface area (Å²) in [6.07, 6.45) is -11.8. The first-order valence-corrected chi connectivity index (χ1v) is 14.9. The highest BCUT2D eigenvalue weighted by atomic mass is 16.8. The molecule has 6 rings (SSSR count). The number of esters is 1. The highest BCUT2D eigenvalue weighted by Crippen LogP contribution is 2.61. The number of ether oxygens (including phenoxy) is 7. The lowest BCUT2D eigenvalue weighted by Crippen LogP contribution is -2.60. The summed E-state index contributed by atoms with van der Waals surface area (Å²) in [5, 5.41) is 82.0. The largest absolute Gasteiger partial charge is 0.508 e. The van der Waals surface area contributed by atoms with E-state index in [1.807, 2.05) is 0 Å². The molecule has 0 radical (unpaired) electrons. The van der Waals surface area contributed by atoms with Gasteiger partial charge in [0.2, 0.25) is 6.29 Å². The summed E-state index contributed by atoms with van der Waals surface area (Å²) in [6.45, 7) is 0.370. The van der Waals surface area contributed by atoms with Crippen LogP contribution in [0.4, 0.5) is 0 Å². The Labute approximate surface area is 262 Å². The number of carbonyl (C=O) groups is 1. The van der Waals surface area contributed by atoms with E-state index in [0.717, 1.165) is 6.08 Å². The van der Waals surface area contributed by atoms with Crippen LogP contribution in [-0.4, -0.2) is 146 Å². The van der Waals surface area contributed by atoms with Crippen molar-refractivity contribution in [3.05, 3.63) is 48.2 Å². The van der Waals surface area contributed by atoms with Gasteiger partial charge < -0.3 is 74.0 Å². The first-order valence-electron chi connectivity index (χ1n) is 14.9. The predicted molar refractivity (Wildman–Crippen MR) is 149 cm³/mol. The van der Waals surface area contributed by atoms with Crippen LogP contribution in [-0.2, 0) is 38.0 Å². The maximum absolute atomic E-state index is 12.6. The molecule has 16 heteroatoms. The zero-order chi connectivity index (χ0) is 32.9. The number of benzene rings is 1. The van der Waals surface area contributed by atoms with Crippen molar-refractivity contribution < 1.29 is 78.8 Å². The molecule has 254 valence electrons. The SMILES string of the molecule is C[C@@H]1O[C@@H](O[C@H]2[C@@H]3C=CO[C@@H](O[C@@H]4O[C@H](CO)[C@@H](O)[C@H](O)[C@H]4O)C3[C@@]3(CO)O[C@@H]23)[C@H](O)[C@H](OC(=O)/C=C/c2ccc(O)cc2)[C@H]1O. The van der Waals surface area contributed by atoms with Crippen molar-refractivity contribution in [3.63, 3.8) is 0 Å². The Morgan fingerprint density at radius 3 is 2.30 bits per heavy atom. The lowest BCUT2D eigenvalue weighted by molar-refractivity contribution is -0.347. The number of hydrogen-bond donors (Lipinski definition) is 8. The second-order valence-electron chi connectivity index (χ2n) is 12.0. The molecule has 0 spiro atoms. The number of rotatable bonds is 9. The summed E-state index contributed by atoms with van der Waals surface area (Å²) in [6, 6.07) is 6.05. The van der Waals surface area contributed by atoms with Gasteiger partial charge in [-0.05, 0) is 36.8 Å². The molecule has 1 aromatic carbocycles. The van der Waals surface area contributed by atoms with Crippen molar-refractivity contribution in [1.29, 1.82) is 0 Å². The van der Waals surface area contributed by atoms with Gasteiger partial charge in [0, 0.05) is 12.0 Å². The van der Waals surface area contributed by atoms with E-state index in [0.29, 0.717) is 5.56 Å². The lowest BCUT2D eigenvalue weighted by atomic mass is 9.85. The van der Waals surface area contributed by atoms with Crippen molar-refractivity contribution >= 4 is 12.0 Å². The molecule has 16 nitrogen and oxygen atoms in total. The average molecular weight is 655 g/mol. The fraction of sp³-hybridized carbons (Fsp3) is 0.633. The summed E-state index contributed by atoms with van der Waals surface area (Å²) in [7, 11) is 0. The van der Waals surface area contributed by atoms with Gasteiger partial charge in [-0.1, -0.05) is 12.1 Å². The van der Waals surface area contributed by atoms with E-state index in [1.54, 1.807) is 18.2 Å². The molecule has 16 atom stereocenters. The highest BCUT2D eigenvalue weighted by molar-refractivity contribution is 5.87.